The number of benzene rings is 2. The van der Waals surface area contributed by atoms with Gasteiger partial charge in [0.2, 0.25) is 0 Å². The molecular weight excluding hydrogens is 492 g/mol. The number of aliphatic hydroxyl groups excluding tert-OH is 1. The Morgan fingerprint density at radius 2 is 2.03 bits per heavy atom. The molecule has 0 fully saturated rings. The molecule has 0 aliphatic carbocycles. The third kappa shape index (κ3) is 5.35. The number of nitrogens with one attached hydrogen (secondary N) is 2. The normalized spacial score (nSPS) is 13.7. The summed E-state index contributed by atoms with van der Waals surface area (Å²) in [5.74, 6) is -1.49. The summed E-state index contributed by atoms with van der Waals surface area (Å²) < 4.78 is 28.5. The van der Waals surface area contributed by atoms with Crippen molar-refractivity contribution in [2.24, 2.45) is 0 Å². The third-order valence-electron chi connectivity index (χ3n) is 5.75. The summed E-state index contributed by atoms with van der Waals surface area (Å²) in [6.45, 7) is 1.34. The second-order valence-electron chi connectivity index (χ2n) is 7.94. The van der Waals surface area contributed by atoms with Crippen LogP contribution < -0.4 is 5.32 Å². The van der Waals surface area contributed by atoms with Gasteiger partial charge in [0.25, 0.3) is 0 Å². The zero-order valence-corrected chi connectivity index (χ0v) is 19.9. The highest BCUT2D eigenvalue weighted by molar-refractivity contribution is 7.80. The fourth-order valence-electron chi connectivity index (χ4n) is 3.87. The standard InChI is InChI=1S/C22H23F2N9O2S/c1-14(22(35,11-20-25-12-26-30-20)18-7-2-15(23)10-19(18)24)32(8-9-34)21(36)29-16-3-5-17(6-4-16)33-28-13-27-31-33/h2-7,10,12-14,34-35H,8-9,11H2,1H3,(H,29,36)(H,25,26,30)/t14-,22+/m1/s1. The van der Waals surface area contributed by atoms with Gasteiger partial charge in [0, 0.05) is 30.3 Å². The monoisotopic (exact) mass is 515 g/mol. The van der Waals surface area contributed by atoms with E-state index >= 15 is 0 Å². The minimum atomic E-state index is -1.94. The number of halogens is 2. The average molecular weight is 516 g/mol. The zero-order valence-electron chi connectivity index (χ0n) is 19.1. The molecule has 0 amide bonds. The summed E-state index contributed by atoms with van der Waals surface area (Å²) in [5.41, 5.74) is -0.804. The summed E-state index contributed by atoms with van der Waals surface area (Å²) in [5, 5.41) is 42.8. The first-order valence-electron chi connectivity index (χ1n) is 10.9. The molecule has 0 bridgehead atoms. The van der Waals surface area contributed by atoms with E-state index < -0.39 is 23.3 Å². The second-order valence-corrected chi connectivity index (χ2v) is 8.32. The van der Waals surface area contributed by atoms with Crippen molar-refractivity contribution in [1.29, 1.82) is 0 Å². The number of rotatable bonds is 9. The number of tetrazole rings is 1. The van der Waals surface area contributed by atoms with Crippen molar-refractivity contribution in [2.75, 3.05) is 18.5 Å². The summed E-state index contributed by atoms with van der Waals surface area (Å²) in [4.78, 5) is 6.92. The number of thiocarbonyl (C=S) groups is 1. The fraction of sp³-hybridized carbons (Fsp3) is 0.273. The molecular formula is C22H23F2N9O2S. The molecule has 11 nitrogen and oxygen atoms in total. The minimum absolute atomic E-state index is 0.0209. The number of hydrogen-bond donors (Lipinski definition) is 4. The molecule has 4 rings (SSSR count). The number of aromatic nitrogens is 7. The lowest BCUT2D eigenvalue weighted by atomic mass is 9.82. The van der Waals surface area contributed by atoms with Crippen LogP contribution in [0.15, 0.2) is 55.1 Å². The highest BCUT2D eigenvalue weighted by Gasteiger charge is 2.43. The first kappa shape index (κ1) is 25.2. The highest BCUT2D eigenvalue weighted by atomic mass is 32.1. The van der Waals surface area contributed by atoms with Crippen LogP contribution in [0.2, 0.25) is 0 Å². The smallest absolute Gasteiger partial charge is 0.173 e. The zero-order chi connectivity index (χ0) is 25.7. The van der Waals surface area contributed by atoms with Crippen molar-refractivity contribution < 1.29 is 19.0 Å². The van der Waals surface area contributed by atoms with Gasteiger partial charge in [-0.3, -0.25) is 5.10 Å². The van der Waals surface area contributed by atoms with Crippen molar-refractivity contribution >= 4 is 23.0 Å². The summed E-state index contributed by atoms with van der Waals surface area (Å²) in [7, 11) is 0. The van der Waals surface area contributed by atoms with Gasteiger partial charge in [0.05, 0.1) is 18.3 Å². The topological polar surface area (TPSA) is 141 Å². The predicted octanol–water partition coefficient (Wildman–Crippen LogP) is 1.57. The molecule has 4 N–H and O–H groups in total. The Labute approximate surface area is 209 Å². The first-order valence-corrected chi connectivity index (χ1v) is 11.3. The van der Waals surface area contributed by atoms with Crippen LogP contribution >= 0.6 is 12.2 Å². The van der Waals surface area contributed by atoms with Crippen molar-refractivity contribution in [2.45, 2.75) is 25.0 Å². The van der Waals surface area contributed by atoms with Gasteiger partial charge in [-0.2, -0.15) is 5.10 Å². The van der Waals surface area contributed by atoms with E-state index in [1.165, 1.54) is 28.4 Å². The molecule has 14 heteroatoms. The van der Waals surface area contributed by atoms with Gasteiger partial charge in [-0.05, 0) is 54.7 Å². The van der Waals surface area contributed by atoms with Crippen LogP contribution in [0.4, 0.5) is 14.5 Å². The van der Waals surface area contributed by atoms with E-state index in [0.29, 0.717) is 17.4 Å². The second kappa shape index (κ2) is 10.8. The van der Waals surface area contributed by atoms with Crippen molar-refractivity contribution in [3.05, 3.63) is 78.1 Å². The molecule has 36 heavy (non-hydrogen) atoms. The van der Waals surface area contributed by atoms with Crippen LogP contribution in [0.1, 0.15) is 18.3 Å². The van der Waals surface area contributed by atoms with Gasteiger partial charge in [0.15, 0.2) is 17.3 Å². The van der Waals surface area contributed by atoms with E-state index in [1.807, 2.05) is 0 Å². The van der Waals surface area contributed by atoms with Gasteiger partial charge in [-0.15, -0.1) is 15.0 Å². The number of aromatic amines is 1. The van der Waals surface area contributed by atoms with Crippen LogP contribution in [0.3, 0.4) is 0 Å². The molecule has 0 saturated heterocycles. The number of aliphatic hydroxyl groups is 2. The molecule has 0 spiro atoms. The molecule has 0 unspecified atom stereocenters. The SMILES string of the molecule is C[C@@H](N(CCO)C(=S)Nc1ccc(-n2ncnn2)cc1)[C@@](O)(Cc1nc[nH]n1)c1ccc(F)cc1F. The lowest BCUT2D eigenvalue weighted by molar-refractivity contribution is -0.0321. The van der Waals surface area contributed by atoms with Crippen LogP contribution in [-0.4, -0.2) is 74.8 Å². The first-order chi connectivity index (χ1) is 17.3. The molecule has 4 aromatic rings. The largest absolute Gasteiger partial charge is 0.395 e. The van der Waals surface area contributed by atoms with E-state index in [0.717, 1.165) is 6.07 Å². The van der Waals surface area contributed by atoms with E-state index in [1.54, 1.807) is 31.2 Å². The van der Waals surface area contributed by atoms with Crippen molar-refractivity contribution in [3.63, 3.8) is 0 Å². The van der Waals surface area contributed by atoms with Crippen LogP contribution in [-0.2, 0) is 12.0 Å². The minimum Gasteiger partial charge on any atom is -0.395 e. The van der Waals surface area contributed by atoms with E-state index in [9.17, 15) is 19.0 Å². The predicted molar refractivity (Wildman–Crippen MR) is 129 cm³/mol. The average Bonchev–Trinajstić information content (AvgIpc) is 3.57. The maximum absolute atomic E-state index is 14.9. The molecule has 2 aromatic carbocycles. The van der Waals surface area contributed by atoms with Gasteiger partial charge in [-0.25, -0.2) is 13.8 Å². The van der Waals surface area contributed by atoms with Crippen molar-refractivity contribution in [1.82, 2.24) is 40.3 Å². The van der Waals surface area contributed by atoms with Gasteiger partial charge in [-0.1, -0.05) is 6.07 Å². The molecule has 2 atom stereocenters. The number of nitrogens with zero attached hydrogens (tertiary/aromatic N) is 7. The molecule has 2 aromatic heterocycles. The molecule has 188 valence electrons. The Kier molecular flexibility index (Phi) is 7.57. The Hall–Kier alpha value is -3.88. The Balaban J connectivity index is 1.62. The van der Waals surface area contributed by atoms with Crippen molar-refractivity contribution in [3.8, 4) is 5.69 Å². The summed E-state index contributed by atoms with van der Waals surface area (Å²) in [6.07, 6.45) is 2.45. The summed E-state index contributed by atoms with van der Waals surface area (Å²) in [6, 6.07) is 9.02. The fourth-order valence-corrected chi connectivity index (χ4v) is 4.23. The molecule has 0 aliphatic rings. The maximum Gasteiger partial charge on any atom is 0.173 e. The number of hydrogen-bond acceptors (Lipinski definition) is 8. The Bertz CT molecular complexity index is 1290. The summed E-state index contributed by atoms with van der Waals surface area (Å²) >= 11 is 5.59. The van der Waals surface area contributed by atoms with Gasteiger partial charge in [0.1, 0.15) is 23.6 Å². The van der Waals surface area contributed by atoms with E-state index in [-0.39, 0.29) is 36.1 Å². The number of H-pyrrole nitrogens is 1. The molecule has 2 heterocycles. The lowest BCUT2D eigenvalue weighted by Gasteiger charge is -2.42. The third-order valence-corrected chi connectivity index (χ3v) is 6.09. The quantitative estimate of drug-likeness (QED) is 0.243. The Morgan fingerprint density at radius 1 is 1.25 bits per heavy atom. The maximum atomic E-state index is 14.9. The van der Waals surface area contributed by atoms with Crippen LogP contribution in [0.25, 0.3) is 5.69 Å². The van der Waals surface area contributed by atoms with Crippen LogP contribution in [0.5, 0.6) is 0 Å². The van der Waals surface area contributed by atoms with E-state index in [4.69, 9.17) is 12.2 Å². The molecule has 0 saturated carbocycles. The van der Waals surface area contributed by atoms with Gasteiger partial charge >= 0.3 is 0 Å². The number of anilines is 1. The van der Waals surface area contributed by atoms with Gasteiger partial charge < -0.3 is 20.4 Å². The highest BCUT2D eigenvalue weighted by Crippen LogP contribution is 2.34. The molecule has 0 radical (unpaired) electrons. The Morgan fingerprint density at radius 3 is 2.64 bits per heavy atom. The lowest BCUT2D eigenvalue weighted by Crippen LogP contribution is -2.55. The van der Waals surface area contributed by atoms with Crippen LogP contribution in [0, 0.1) is 11.6 Å². The van der Waals surface area contributed by atoms with E-state index in [2.05, 4.69) is 35.9 Å². The molecule has 0 aliphatic heterocycles.